The Morgan fingerprint density at radius 1 is 1.07 bits per heavy atom. The number of pyridine rings is 1. The minimum absolute atomic E-state index is 0.220. The molecular weight excluding hydrogens is 365 g/mol. The van der Waals surface area contributed by atoms with Crippen molar-refractivity contribution >= 4 is 11.4 Å². The molecule has 0 aliphatic carbocycles. The van der Waals surface area contributed by atoms with E-state index in [1.54, 1.807) is 12.1 Å². The third-order valence-corrected chi connectivity index (χ3v) is 5.86. The first-order chi connectivity index (χ1) is 14.3. The molecule has 0 amide bonds. The molecule has 5 heteroatoms. The lowest BCUT2D eigenvalue weighted by atomic mass is 10.1. The zero-order valence-electron chi connectivity index (χ0n) is 16.3. The van der Waals surface area contributed by atoms with Crippen molar-refractivity contribution in [2.24, 2.45) is 0 Å². The Balaban J connectivity index is 1.40. The maximum Gasteiger partial charge on any atom is 0.143 e. The first kappa shape index (κ1) is 18.1. The van der Waals surface area contributed by atoms with Crippen LogP contribution in [0, 0.1) is 5.82 Å². The Hall–Kier alpha value is -2.92. The van der Waals surface area contributed by atoms with E-state index < -0.39 is 0 Å². The number of ether oxygens (including phenoxy) is 1. The second-order valence-corrected chi connectivity index (χ2v) is 7.75. The summed E-state index contributed by atoms with van der Waals surface area (Å²) in [7, 11) is 0. The van der Waals surface area contributed by atoms with E-state index >= 15 is 0 Å². The number of rotatable bonds is 4. The van der Waals surface area contributed by atoms with Gasteiger partial charge in [0.15, 0.2) is 0 Å². The molecule has 0 spiro atoms. The predicted molar refractivity (Wildman–Crippen MR) is 112 cm³/mol. The number of hydrogen-bond acceptors (Lipinski definition) is 4. The highest BCUT2D eigenvalue weighted by Crippen LogP contribution is 2.42. The van der Waals surface area contributed by atoms with Gasteiger partial charge in [0.1, 0.15) is 18.2 Å². The molecule has 4 nitrogen and oxygen atoms in total. The third kappa shape index (κ3) is 3.70. The number of nitrogens with zero attached hydrogens (tertiary/aromatic N) is 3. The Morgan fingerprint density at radius 2 is 2.00 bits per heavy atom. The van der Waals surface area contributed by atoms with Crippen LogP contribution in [0.4, 0.5) is 15.8 Å². The fraction of sp³-hybridized carbons (Fsp3) is 0.292. The van der Waals surface area contributed by atoms with Gasteiger partial charge >= 0.3 is 0 Å². The van der Waals surface area contributed by atoms with Crippen LogP contribution >= 0.6 is 0 Å². The van der Waals surface area contributed by atoms with Gasteiger partial charge in [-0.2, -0.15) is 0 Å². The molecule has 2 aliphatic heterocycles. The number of hydrogen-bond donors (Lipinski definition) is 0. The van der Waals surface area contributed by atoms with E-state index in [2.05, 4.69) is 26.9 Å². The van der Waals surface area contributed by atoms with Gasteiger partial charge in [0.05, 0.1) is 5.69 Å². The van der Waals surface area contributed by atoms with Gasteiger partial charge in [-0.25, -0.2) is 4.39 Å². The molecule has 1 fully saturated rings. The van der Waals surface area contributed by atoms with Crippen LogP contribution in [0.5, 0.6) is 5.75 Å². The van der Waals surface area contributed by atoms with Crippen LogP contribution in [0.15, 0.2) is 67.0 Å². The highest BCUT2D eigenvalue weighted by molar-refractivity contribution is 5.73. The molecule has 0 bridgehead atoms. The SMILES string of the molecule is Fc1ccc2c(c1)COc1ccccc1N2[C@@H]1CCN(CCc2cccnc2)C1. The maximum atomic E-state index is 13.9. The number of halogens is 1. The van der Waals surface area contributed by atoms with Crippen LogP contribution in [-0.2, 0) is 13.0 Å². The summed E-state index contributed by atoms with van der Waals surface area (Å²) in [5.41, 5.74) is 4.28. The highest BCUT2D eigenvalue weighted by Gasteiger charge is 2.32. The molecule has 3 heterocycles. The van der Waals surface area contributed by atoms with Gasteiger partial charge in [0, 0.05) is 49.3 Å². The highest BCUT2D eigenvalue weighted by atomic mass is 19.1. The van der Waals surface area contributed by atoms with E-state index in [4.69, 9.17) is 4.74 Å². The van der Waals surface area contributed by atoms with E-state index in [1.807, 2.05) is 42.7 Å². The van der Waals surface area contributed by atoms with Crippen molar-refractivity contribution in [2.75, 3.05) is 24.5 Å². The van der Waals surface area contributed by atoms with Gasteiger partial charge in [0.25, 0.3) is 0 Å². The van der Waals surface area contributed by atoms with Crippen LogP contribution in [0.1, 0.15) is 17.5 Å². The first-order valence-electron chi connectivity index (χ1n) is 10.2. The van der Waals surface area contributed by atoms with Crippen molar-refractivity contribution in [3.63, 3.8) is 0 Å². The normalized spacial score (nSPS) is 18.7. The van der Waals surface area contributed by atoms with Crippen molar-refractivity contribution in [3.8, 4) is 5.75 Å². The Labute approximate surface area is 170 Å². The lowest BCUT2D eigenvalue weighted by Gasteiger charge is -2.32. The van der Waals surface area contributed by atoms with E-state index in [1.165, 1.54) is 5.56 Å². The first-order valence-corrected chi connectivity index (χ1v) is 10.2. The average Bonchev–Trinajstić information content (AvgIpc) is 3.16. The van der Waals surface area contributed by atoms with Crippen LogP contribution in [-0.4, -0.2) is 35.6 Å². The summed E-state index contributed by atoms with van der Waals surface area (Å²) < 4.78 is 19.9. The molecular formula is C24H24FN3O. The third-order valence-electron chi connectivity index (χ3n) is 5.86. The largest absolute Gasteiger partial charge is 0.487 e. The molecule has 148 valence electrons. The molecule has 0 N–H and O–H groups in total. The summed E-state index contributed by atoms with van der Waals surface area (Å²) in [6.07, 6.45) is 5.83. The van der Waals surface area contributed by atoms with Crippen molar-refractivity contribution in [1.82, 2.24) is 9.88 Å². The number of fused-ring (bicyclic) bond motifs is 2. The van der Waals surface area contributed by atoms with E-state index in [0.29, 0.717) is 12.6 Å². The number of likely N-dealkylation sites (tertiary alicyclic amines) is 1. The van der Waals surface area contributed by atoms with Gasteiger partial charge in [-0.3, -0.25) is 4.98 Å². The van der Waals surface area contributed by atoms with Crippen molar-refractivity contribution < 1.29 is 9.13 Å². The van der Waals surface area contributed by atoms with E-state index in [9.17, 15) is 4.39 Å². The lowest BCUT2D eigenvalue weighted by molar-refractivity contribution is 0.310. The van der Waals surface area contributed by atoms with Crippen molar-refractivity contribution in [1.29, 1.82) is 0 Å². The minimum Gasteiger partial charge on any atom is -0.487 e. The smallest absolute Gasteiger partial charge is 0.143 e. The summed E-state index contributed by atoms with van der Waals surface area (Å²) in [6, 6.07) is 17.6. The Kier molecular flexibility index (Phi) is 4.90. The molecule has 0 saturated carbocycles. The quantitative estimate of drug-likeness (QED) is 0.654. The lowest BCUT2D eigenvalue weighted by Crippen LogP contribution is -2.35. The molecule has 29 heavy (non-hydrogen) atoms. The zero-order valence-corrected chi connectivity index (χ0v) is 16.3. The van der Waals surface area contributed by atoms with Crippen LogP contribution in [0.3, 0.4) is 0 Å². The van der Waals surface area contributed by atoms with E-state index in [-0.39, 0.29) is 5.82 Å². The standard InChI is InChI=1S/C24H24FN3O/c25-20-7-8-22-19(14-20)17-29-24-6-2-1-5-23(24)28(22)21-10-13-27(16-21)12-9-18-4-3-11-26-15-18/h1-8,11,14-15,21H,9-10,12-13,16-17H2/t21-/m1/s1. The average molecular weight is 389 g/mol. The van der Waals surface area contributed by atoms with Crippen molar-refractivity contribution in [3.05, 3.63) is 83.9 Å². The number of anilines is 2. The monoisotopic (exact) mass is 389 g/mol. The summed E-state index contributed by atoms with van der Waals surface area (Å²) in [4.78, 5) is 9.09. The number of aromatic nitrogens is 1. The molecule has 0 radical (unpaired) electrons. The summed E-state index contributed by atoms with van der Waals surface area (Å²) in [6.45, 7) is 3.44. The molecule has 2 aromatic carbocycles. The number of benzene rings is 2. The Morgan fingerprint density at radius 3 is 2.90 bits per heavy atom. The second-order valence-electron chi connectivity index (χ2n) is 7.75. The molecule has 2 aliphatic rings. The summed E-state index contributed by atoms with van der Waals surface area (Å²) in [5.74, 6) is 0.640. The van der Waals surface area contributed by atoms with Gasteiger partial charge in [-0.05, 0) is 54.8 Å². The summed E-state index contributed by atoms with van der Waals surface area (Å²) >= 11 is 0. The summed E-state index contributed by atoms with van der Waals surface area (Å²) in [5, 5.41) is 0. The van der Waals surface area contributed by atoms with Gasteiger partial charge in [0.2, 0.25) is 0 Å². The van der Waals surface area contributed by atoms with Crippen LogP contribution < -0.4 is 9.64 Å². The van der Waals surface area contributed by atoms with Gasteiger partial charge < -0.3 is 14.5 Å². The molecule has 1 aromatic heterocycles. The molecule has 0 unspecified atom stereocenters. The Bertz CT molecular complexity index is 994. The maximum absolute atomic E-state index is 13.9. The van der Waals surface area contributed by atoms with Crippen LogP contribution in [0.2, 0.25) is 0 Å². The van der Waals surface area contributed by atoms with Crippen molar-refractivity contribution in [2.45, 2.75) is 25.5 Å². The fourth-order valence-electron chi connectivity index (χ4n) is 4.42. The molecule has 1 saturated heterocycles. The molecule has 1 atom stereocenters. The van der Waals surface area contributed by atoms with Gasteiger partial charge in [-0.1, -0.05) is 18.2 Å². The topological polar surface area (TPSA) is 28.6 Å². The minimum atomic E-state index is -0.220. The second kappa shape index (κ2) is 7.84. The molecule has 3 aromatic rings. The van der Waals surface area contributed by atoms with E-state index in [0.717, 1.165) is 55.2 Å². The molecule has 5 rings (SSSR count). The van der Waals surface area contributed by atoms with Gasteiger partial charge in [-0.15, -0.1) is 0 Å². The zero-order chi connectivity index (χ0) is 19.6. The van der Waals surface area contributed by atoms with Crippen LogP contribution in [0.25, 0.3) is 0 Å². The predicted octanol–water partition coefficient (Wildman–Crippen LogP) is 4.57. The fourth-order valence-corrected chi connectivity index (χ4v) is 4.42. The number of para-hydroxylation sites is 2.